The lowest BCUT2D eigenvalue weighted by Crippen LogP contribution is -2.43. The minimum absolute atomic E-state index is 0.425. The summed E-state index contributed by atoms with van der Waals surface area (Å²) in [6.45, 7) is 4.57. The van der Waals surface area contributed by atoms with Crippen LogP contribution in [-0.2, 0) is 13.2 Å². The van der Waals surface area contributed by atoms with E-state index in [-0.39, 0.29) is 0 Å². The Morgan fingerprint density at radius 2 is 1.44 bits per heavy atom. The van der Waals surface area contributed by atoms with E-state index in [1.165, 1.54) is 0 Å². The van der Waals surface area contributed by atoms with Crippen LogP contribution in [0.3, 0.4) is 0 Å². The molecule has 34 heavy (non-hydrogen) atoms. The van der Waals surface area contributed by atoms with E-state index in [0.29, 0.717) is 29.7 Å². The summed E-state index contributed by atoms with van der Waals surface area (Å²) in [6, 6.07) is 23.9. The molecule has 4 aromatic rings. The number of anilines is 1. The molecule has 0 atom stereocenters. The van der Waals surface area contributed by atoms with Gasteiger partial charge >= 0.3 is 0 Å². The number of nitrogens with one attached hydrogen (secondary N) is 2. The molecule has 7 heteroatoms. The molecule has 0 radical (unpaired) electrons. The first-order chi connectivity index (χ1) is 16.8. The third-order valence-electron chi connectivity index (χ3n) is 5.85. The topological polar surface area (TPSA) is 62.4 Å². The van der Waals surface area contributed by atoms with Crippen LogP contribution in [0.2, 0.25) is 5.02 Å². The Balaban J connectivity index is 1.47. The summed E-state index contributed by atoms with van der Waals surface area (Å²) >= 11 is 6.70. The van der Waals surface area contributed by atoms with E-state index >= 15 is 0 Å². The summed E-state index contributed by atoms with van der Waals surface area (Å²) < 4.78 is 12.4. The fourth-order valence-corrected chi connectivity index (χ4v) is 4.27. The second-order valence-corrected chi connectivity index (χ2v) is 8.60. The van der Waals surface area contributed by atoms with Gasteiger partial charge in [0.2, 0.25) is 0 Å². The minimum Gasteiger partial charge on any atom is -0.488 e. The maximum absolute atomic E-state index is 6.70. The Bertz CT molecular complexity index is 1210. The first-order valence-electron chi connectivity index (χ1n) is 11.4. The molecule has 0 spiro atoms. The number of rotatable bonds is 8. The number of aromatic amines is 1. The molecule has 1 aliphatic heterocycles. The fraction of sp³-hybridized carbons (Fsp3) is 0.222. The van der Waals surface area contributed by atoms with Gasteiger partial charge in [0.15, 0.2) is 0 Å². The van der Waals surface area contributed by atoms with Gasteiger partial charge < -0.3 is 19.7 Å². The van der Waals surface area contributed by atoms with E-state index in [1.54, 1.807) is 0 Å². The fourth-order valence-electron chi connectivity index (χ4n) is 4.05. The molecule has 0 unspecified atom stereocenters. The van der Waals surface area contributed by atoms with E-state index in [1.807, 2.05) is 79.0 Å². The zero-order valence-corrected chi connectivity index (χ0v) is 19.6. The molecule has 174 valence electrons. The summed E-state index contributed by atoms with van der Waals surface area (Å²) in [5.74, 6) is 1.28. The van der Waals surface area contributed by atoms with Crippen LogP contribution >= 0.6 is 11.6 Å². The van der Waals surface area contributed by atoms with E-state index in [2.05, 4.69) is 20.4 Å². The Morgan fingerprint density at radius 3 is 2.09 bits per heavy atom. The SMILES string of the molecule is Clc1cc(-c2[nH]ncc2N2CCNCC2)c(OCc2ccccc2)cc1OCc1ccccc1. The summed E-state index contributed by atoms with van der Waals surface area (Å²) in [5, 5.41) is 11.4. The van der Waals surface area contributed by atoms with Crippen molar-refractivity contribution in [1.29, 1.82) is 0 Å². The number of hydrogen-bond acceptors (Lipinski definition) is 5. The van der Waals surface area contributed by atoms with Gasteiger partial charge in [-0.2, -0.15) is 5.10 Å². The van der Waals surface area contributed by atoms with Gasteiger partial charge in [-0.05, 0) is 17.2 Å². The highest BCUT2D eigenvalue weighted by molar-refractivity contribution is 6.32. The Morgan fingerprint density at radius 1 is 0.824 bits per heavy atom. The molecule has 2 heterocycles. The Kier molecular flexibility index (Phi) is 6.98. The Hall–Kier alpha value is -3.48. The van der Waals surface area contributed by atoms with Gasteiger partial charge in [-0.25, -0.2) is 0 Å². The van der Waals surface area contributed by atoms with Gasteiger partial charge in [0.25, 0.3) is 0 Å². The molecular weight excluding hydrogens is 448 g/mol. The van der Waals surface area contributed by atoms with Gasteiger partial charge in [0.1, 0.15) is 24.7 Å². The molecule has 0 amide bonds. The largest absolute Gasteiger partial charge is 0.488 e. The number of nitrogens with zero attached hydrogens (tertiary/aromatic N) is 2. The second kappa shape index (κ2) is 10.6. The number of H-pyrrole nitrogens is 1. The third kappa shape index (κ3) is 5.19. The van der Waals surface area contributed by atoms with E-state index in [9.17, 15) is 0 Å². The Labute approximate surface area is 204 Å². The van der Waals surface area contributed by atoms with Crippen molar-refractivity contribution in [1.82, 2.24) is 15.5 Å². The predicted octanol–water partition coefficient (Wildman–Crippen LogP) is 5.30. The van der Waals surface area contributed by atoms with Crippen molar-refractivity contribution in [2.45, 2.75) is 13.2 Å². The van der Waals surface area contributed by atoms with Gasteiger partial charge in [-0.3, -0.25) is 5.10 Å². The third-order valence-corrected chi connectivity index (χ3v) is 6.15. The van der Waals surface area contributed by atoms with Gasteiger partial charge in [-0.1, -0.05) is 72.3 Å². The first kappa shape index (κ1) is 22.3. The lowest BCUT2D eigenvalue weighted by molar-refractivity contribution is 0.291. The molecule has 1 aliphatic rings. The standard InChI is InChI=1S/C27H27ClN4O2/c28-23-15-22(27-24(17-30-31-27)32-13-11-29-12-14-32)25(33-18-20-7-3-1-4-8-20)16-26(23)34-19-21-9-5-2-6-10-21/h1-10,15-17,29H,11-14,18-19H2,(H,30,31). The number of benzene rings is 3. The van der Waals surface area contributed by atoms with Crippen molar-refractivity contribution in [3.05, 3.63) is 95.1 Å². The molecule has 1 saturated heterocycles. The molecule has 6 nitrogen and oxygen atoms in total. The molecule has 2 N–H and O–H groups in total. The maximum atomic E-state index is 6.70. The summed E-state index contributed by atoms with van der Waals surface area (Å²) in [7, 11) is 0. The van der Waals surface area contributed by atoms with Crippen LogP contribution in [-0.4, -0.2) is 36.4 Å². The number of ether oxygens (including phenoxy) is 2. The molecule has 0 aliphatic carbocycles. The molecule has 3 aromatic carbocycles. The van der Waals surface area contributed by atoms with Crippen molar-refractivity contribution in [2.24, 2.45) is 0 Å². The van der Waals surface area contributed by atoms with Crippen molar-refractivity contribution in [2.75, 3.05) is 31.1 Å². The van der Waals surface area contributed by atoms with Crippen molar-refractivity contribution in [3.8, 4) is 22.8 Å². The van der Waals surface area contributed by atoms with Crippen LogP contribution < -0.4 is 19.7 Å². The number of hydrogen-bond donors (Lipinski definition) is 2. The summed E-state index contributed by atoms with van der Waals surface area (Å²) in [6.07, 6.45) is 1.87. The smallest absolute Gasteiger partial charge is 0.142 e. The number of piperazine rings is 1. The van der Waals surface area contributed by atoms with Crippen molar-refractivity contribution in [3.63, 3.8) is 0 Å². The summed E-state index contributed by atoms with van der Waals surface area (Å²) in [4.78, 5) is 2.32. The van der Waals surface area contributed by atoms with Crippen LogP contribution in [0, 0.1) is 0 Å². The van der Waals surface area contributed by atoms with Gasteiger partial charge in [0.05, 0.1) is 22.6 Å². The molecule has 5 rings (SSSR count). The quantitative estimate of drug-likeness (QED) is 0.363. The zero-order chi connectivity index (χ0) is 23.2. The normalized spacial score (nSPS) is 13.6. The van der Waals surface area contributed by atoms with Crippen LogP contribution in [0.5, 0.6) is 11.5 Å². The van der Waals surface area contributed by atoms with E-state index in [4.69, 9.17) is 21.1 Å². The average Bonchev–Trinajstić information content (AvgIpc) is 3.39. The zero-order valence-electron chi connectivity index (χ0n) is 18.8. The highest BCUT2D eigenvalue weighted by Crippen LogP contribution is 2.42. The molecule has 1 aromatic heterocycles. The maximum Gasteiger partial charge on any atom is 0.142 e. The van der Waals surface area contributed by atoms with Gasteiger partial charge in [-0.15, -0.1) is 0 Å². The molecule has 0 saturated carbocycles. The minimum atomic E-state index is 0.425. The molecular formula is C27H27ClN4O2. The van der Waals surface area contributed by atoms with Crippen LogP contribution in [0.1, 0.15) is 11.1 Å². The average molecular weight is 475 g/mol. The van der Waals surface area contributed by atoms with Crippen LogP contribution in [0.4, 0.5) is 5.69 Å². The first-order valence-corrected chi connectivity index (χ1v) is 11.8. The lowest BCUT2D eigenvalue weighted by atomic mass is 10.1. The number of halogens is 1. The summed E-state index contributed by atoms with van der Waals surface area (Å²) in [5.41, 5.74) is 4.95. The van der Waals surface area contributed by atoms with E-state index in [0.717, 1.165) is 54.3 Å². The second-order valence-electron chi connectivity index (χ2n) is 8.19. The number of aromatic nitrogens is 2. The molecule has 0 bridgehead atoms. The lowest BCUT2D eigenvalue weighted by Gasteiger charge is -2.29. The van der Waals surface area contributed by atoms with Crippen molar-refractivity contribution < 1.29 is 9.47 Å². The van der Waals surface area contributed by atoms with Crippen molar-refractivity contribution >= 4 is 17.3 Å². The monoisotopic (exact) mass is 474 g/mol. The van der Waals surface area contributed by atoms with Crippen LogP contribution in [0.25, 0.3) is 11.3 Å². The molecule has 1 fully saturated rings. The highest BCUT2D eigenvalue weighted by Gasteiger charge is 2.21. The highest BCUT2D eigenvalue weighted by atomic mass is 35.5. The predicted molar refractivity (Wildman–Crippen MR) is 136 cm³/mol. The van der Waals surface area contributed by atoms with Crippen LogP contribution in [0.15, 0.2) is 79.0 Å². The van der Waals surface area contributed by atoms with Gasteiger partial charge in [0, 0.05) is 37.8 Å². The van der Waals surface area contributed by atoms with E-state index < -0.39 is 0 Å².